The molecule has 18 nitrogen and oxygen atoms in total. The van der Waals surface area contributed by atoms with Gasteiger partial charge in [0.05, 0.1) is 12.9 Å². The van der Waals surface area contributed by atoms with Crippen LogP contribution < -0.4 is 5.73 Å². The summed E-state index contributed by atoms with van der Waals surface area (Å²) in [5.41, 5.74) is -1.18. The molecule has 19 heteroatoms. The molecule has 3 heterocycles. The number of unbranched alkanes of at least 4 members (excludes halogenated alkanes) is 2. The molecular weight excluding hydrogens is 799 g/mol. The van der Waals surface area contributed by atoms with Crippen LogP contribution in [0.2, 0.25) is 0 Å². The first-order valence-electron chi connectivity index (χ1n) is 20.1. The fraction of sp³-hybridized carbons (Fsp3) is 0.732. The van der Waals surface area contributed by atoms with Crippen molar-refractivity contribution in [1.29, 1.82) is 0 Å². The Morgan fingerprint density at radius 1 is 0.783 bits per heavy atom. The lowest BCUT2D eigenvalue weighted by atomic mass is 10.0. The monoisotopic (exact) mass is 863 g/mol. The molecule has 4 rings (SSSR count). The van der Waals surface area contributed by atoms with E-state index in [4.69, 9.17) is 29.4 Å². The highest BCUT2D eigenvalue weighted by molar-refractivity contribution is 8.03. The predicted octanol–water partition coefficient (Wildman–Crippen LogP) is 7.33. The van der Waals surface area contributed by atoms with Gasteiger partial charge in [0, 0.05) is 17.7 Å². The second-order valence-corrected chi connectivity index (χ2v) is 20.8. The van der Waals surface area contributed by atoms with Crippen molar-refractivity contribution in [2.75, 3.05) is 24.6 Å². The Morgan fingerprint density at radius 3 is 1.78 bits per heavy atom. The van der Waals surface area contributed by atoms with Crippen LogP contribution in [0, 0.1) is 5.41 Å². The van der Waals surface area contributed by atoms with Crippen LogP contribution in [-0.4, -0.2) is 122 Å². The molecule has 1 saturated heterocycles. The van der Waals surface area contributed by atoms with E-state index in [1.54, 1.807) is 108 Å². The standard InChI is InChI=1S/C41H65N7O11S/c1-35(2,3)56-31(49)46(32(50)57-36(4,5)6)20-17-15-16-18-25(19-21-47(33(51)58-37(7,8)9)34(52)59-38(10,11)12)60-22-26-40(53)39(13,14)41(40,54)30(55-26)48-24-45-27-28(42)43-23-44-29(27)48/h19,23-24,26,30,53-54H,15-18,20-22H2,1-14H3,(H2,42,43,44)/t26-,30-,40+,41-/m1/s1. The SMILES string of the molecule is CC(C)(C)OC(=O)N(CC=C(CCCCCN(C(=O)OC(C)(C)C)C(=O)OC(C)(C)C)SC[C@H]1O[C@@H](n2cnc3c(N)ncnc32)[C@@]2(O)C(C)(C)[C@@]12O)C(=O)OC(C)(C)C. The minimum absolute atomic E-state index is 0.0403. The van der Waals surface area contributed by atoms with E-state index in [-0.39, 0.29) is 24.7 Å². The molecule has 2 aromatic rings. The van der Waals surface area contributed by atoms with Gasteiger partial charge in [0.2, 0.25) is 0 Å². The first-order valence-corrected chi connectivity index (χ1v) is 21.1. The topological polar surface area (TPSA) is 231 Å². The number of hydrogen-bond donors (Lipinski definition) is 3. The molecule has 1 aliphatic heterocycles. The first-order chi connectivity index (χ1) is 27.3. The van der Waals surface area contributed by atoms with Gasteiger partial charge in [-0.15, -0.1) is 11.8 Å². The highest BCUT2D eigenvalue weighted by Crippen LogP contribution is 2.75. The molecule has 0 unspecified atom stereocenters. The van der Waals surface area contributed by atoms with Crippen molar-refractivity contribution >= 4 is 53.1 Å². The Bertz CT molecular complexity index is 1890. The van der Waals surface area contributed by atoms with E-state index in [0.717, 1.165) is 14.7 Å². The summed E-state index contributed by atoms with van der Waals surface area (Å²) in [6.45, 7) is 23.8. The average Bonchev–Trinajstić information content (AvgIpc) is 3.40. The third-order valence-electron chi connectivity index (χ3n) is 9.86. The molecule has 0 aromatic carbocycles. The number of amides is 4. The minimum Gasteiger partial charge on any atom is -0.443 e. The second-order valence-electron chi connectivity index (χ2n) is 19.7. The normalized spacial score (nSPS) is 22.8. The zero-order valence-corrected chi connectivity index (χ0v) is 38.4. The van der Waals surface area contributed by atoms with Gasteiger partial charge in [0.15, 0.2) is 17.7 Å². The zero-order chi connectivity index (χ0) is 45.4. The van der Waals surface area contributed by atoms with Crippen LogP contribution in [0.5, 0.6) is 0 Å². The van der Waals surface area contributed by atoms with Crippen molar-refractivity contribution in [3.8, 4) is 0 Å². The number of carbonyl (C=O) groups excluding carboxylic acids is 4. The van der Waals surface area contributed by atoms with Crippen molar-refractivity contribution in [3.05, 3.63) is 23.6 Å². The molecule has 60 heavy (non-hydrogen) atoms. The Hall–Kier alpha value is -4.20. The smallest absolute Gasteiger partial charge is 0.420 e. The fourth-order valence-corrected chi connectivity index (χ4v) is 8.13. The van der Waals surface area contributed by atoms with Crippen molar-refractivity contribution < 1.29 is 53.1 Å². The summed E-state index contributed by atoms with van der Waals surface area (Å²) in [6.07, 6.45) is 1.06. The van der Waals surface area contributed by atoms with Crippen molar-refractivity contribution in [2.24, 2.45) is 5.41 Å². The summed E-state index contributed by atoms with van der Waals surface area (Å²) in [6, 6.07) is 0. The molecule has 4 N–H and O–H groups in total. The van der Waals surface area contributed by atoms with Gasteiger partial charge in [0.1, 0.15) is 51.6 Å². The van der Waals surface area contributed by atoms with Crippen LogP contribution >= 0.6 is 11.8 Å². The van der Waals surface area contributed by atoms with E-state index in [2.05, 4.69) is 15.0 Å². The molecule has 0 radical (unpaired) electrons. The maximum absolute atomic E-state index is 13.4. The molecule has 4 atom stereocenters. The van der Waals surface area contributed by atoms with E-state index in [0.29, 0.717) is 36.8 Å². The molecule has 2 aliphatic rings. The molecule has 336 valence electrons. The summed E-state index contributed by atoms with van der Waals surface area (Å²) in [7, 11) is 0. The minimum atomic E-state index is -1.72. The second kappa shape index (κ2) is 17.3. The van der Waals surface area contributed by atoms with Crippen LogP contribution in [0.1, 0.15) is 129 Å². The maximum atomic E-state index is 13.4. The van der Waals surface area contributed by atoms with Crippen LogP contribution in [-0.2, 0) is 23.7 Å². The predicted molar refractivity (Wildman–Crippen MR) is 225 cm³/mol. The van der Waals surface area contributed by atoms with Gasteiger partial charge in [-0.25, -0.2) is 43.9 Å². The van der Waals surface area contributed by atoms with Crippen molar-refractivity contribution in [2.45, 2.75) is 169 Å². The number of ether oxygens (including phenoxy) is 5. The largest absolute Gasteiger partial charge is 0.443 e. The Labute approximate surface area is 356 Å². The quantitative estimate of drug-likeness (QED) is 0.140. The molecule has 4 amide bonds. The lowest BCUT2D eigenvalue weighted by Crippen LogP contribution is -2.44. The third kappa shape index (κ3) is 10.8. The van der Waals surface area contributed by atoms with Crippen LogP contribution in [0.4, 0.5) is 25.0 Å². The number of thioether (sulfide) groups is 1. The number of imide groups is 2. The summed E-state index contributed by atoms with van der Waals surface area (Å²) in [5.74, 6) is 0.322. The number of fused-ring (bicyclic) bond motifs is 2. The van der Waals surface area contributed by atoms with E-state index in [9.17, 15) is 29.4 Å². The Kier molecular flexibility index (Phi) is 14.0. The van der Waals surface area contributed by atoms with Crippen molar-refractivity contribution in [1.82, 2.24) is 29.3 Å². The number of nitrogens with two attached hydrogens (primary N) is 1. The van der Waals surface area contributed by atoms with Crippen molar-refractivity contribution in [3.63, 3.8) is 0 Å². The maximum Gasteiger partial charge on any atom is 0.420 e. The molecule has 0 spiro atoms. The van der Waals surface area contributed by atoms with Gasteiger partial charge in [0.25, 0.3) is 0 Å². The van der Waals surface area contributed by atoms with Gasteiger partial charge < -0.3 is 39.6 Å². The summed E-state index contributed by atoms with van der Waals surface area (Å²) < 4.78 is 30.1. The van der Waals surface area contributed by atoms with Crippen LogP contribution in [0.3, 0.4) is 0 Å². The van der Waals surface area contributed by atoms with E-state index < -0.39 is 75.7 Å². The Morgan fingerprint density at radius 2 is 1.28 bits per heavy atom. The van der Waals surface area contributed by atoms with E-state index in [1.807, 2.05) is 0 Å². The third-order valence-corrected chi connectivity index (χ3v) is 11.1. The number of allylic oxidation sites excluding steroid dienone is 1. The van der Waals surface area contributed by atoms with Crippen LogP contribution in [0.25, 0.3) is 11.2 Å². The van der Waals surface area contributed by atoms with Crippen LogP contribution in [0.15, 0.2) is 23.6 Å². The molecule has 2 fully saturated rings. The summed E-state index contributed by atoms with van der Waals surface area (Å²) >= 11 is 1.34. The molecule has 0 bridgehead atoms. The molecule has 2 aromatic heterocycles. The van der Waals surface area contributed by atoms with Gasteiger partial charge in [-0.05, 0) is 107 Å². The number of carbonyl (C=O) groups is 4. The number of nitrogen functional groups attached to an aromatic ring is 1. The number of rotatable bonds is 12. The lowest BCUT2D eigenvalue weighted by Gasteiger charge is -2.29. The van der Waals surface area contributed by atoms with Gasteiger partial charge in [-0.1, -0.05) is 26.3 Å². The van der Waals surface area contributed by atoms with Gasteiger partial charge >= 0.3 is 24.4 Å². The highest BCUT2D eigenvalue weighted by Gasteiger charge is 2.92. The number of hydrogen-bond acceptors (Lipinski definition) is 16. The summed E-state index contributed by atoms with van der Waals surface area (Å²) in [4.78, 5) is 68.0. The zero-order valence-electron chi connectivity index (χ0n) is 37.6. The van der Waals surface area contributed by atoms with E-state index >= 15 is 0 Å². The number of aromatic nitrogens is 4. The number of anilines is 1. The van der Waals surface area contributed by atoms with Gasteiger partial charge in [-0.3, -0.25) is 4.57 Å². The molecular formula is C41H65N7O11S. The molecule has 1 saturated carbocycles. The fourth-order valence-electron chi connectivity index (χ4n) is 6.97. The molecule has 1 aliphatic carbocycles. The number of nitrogens with zero attached hydrogens (tertiary/aromatic N) is 6. The average molecular weight is 864 g/mol. The van der Waals surface area contributed by atoms with E-state index in [1.165, 1.54) is 24.4 Å². The number of aliphatic hydroxyl groups is 2. The Balaban J connectivity index is 1.58. The highest BCUT2D eigenvalue weighted by atomic mass is 32.2. The lowest BCUT2D eigenvalue weighted by molar-refractivity contribution is -0.103. The summed E-state index contributed by atoms with van der Waals surface area (Å²) in [5, 5.41) is 24.2. The number of imidazole rings is 1. The van der Waals surface area contributed by atoms with Gasteiger partial charge in [-0.2, -0.15) is 0 Å². The first kappa shape index (κ1) is 48.5.